The Labute approximate surface area is 113 Å². The molecule has 0 unspecified atom stereocenters. The van der Waals surface area contributed by atoms with Crippen molar-refractivity contribution in [3.63, 3.8) is 0 Å². The average Bonchev–Trinajstić information content (AvgIpc) is 2.84. The maximum atomic E-state index is 11.8. The number of aromatic nitrogens is 1. The molecule has 19 heavy (non-hydrogen) atoms. The Morgan fingerprint density at radius 2 is 2.11 bits per heavy atom. The van der Waals surface area contributed by atoms with Crippen molar-refractivity contribution in [2.45, 2.75) is 33.6 Å². The largest absolute Gasteiger partial charge is 0.396 e. The van der Waals surface area contributed by atoms with Gasteiger partial charge in [-0.2, -0.15) is 0 Å². The Morgan fingerprint density at radius 3 is 2.63 bits per heavy atom. The lowest BCUT2D eigenvalue weighted by molar-refractivity contribution is 0.0944. The summed E-state index contributed by atoms with van der Waals surface area (Å²) in [5.41, 5.74) is 0.789. The zero-order chi connectivity index (χ0) is 14.5. The van der Waals surface area contributed by atoms with E-state index in [4.69, 9.17) is 5.11 Å². The first-order valence-electron chi connectivity index (χ1n) is 6.44. The summed E-state index contributed by atoms with van der Waals surface area (Å²) in [6.45, 7) is 6.12. The van der Waals surface area contributed by atoms with Crippen molar-refractivity contribution in [3.05, 3.63) is 23.5 Å². The molecule has 3 N–H and O–H groups in total. The van der Waals surface area contributed by atoms with E-state index in [2.05, 4.69) is 10.3 Å². The summed E-state index contributed by atoms with van der Waals surface area (Å²) in [6.07, 6.45) is 3.18. The number of rotatable bonds is 7. The summed E-state index contributed by atoms with van der Waals surface area (Å²) >= 11 is 0. The van der Waals surface area contributed by atoms with Crippen molar-refractivity contribution < 1.29 is 14.7 Å². The van der Waals surface area contributed by atoms with E-state index >= 15 is 0 Å². The standard InChI is InChI=1S/C14H22N2O3/c1-10(18)11-7-12(16-8-11)13(19)15-6-4-5-14(2,3)9-17/h7-8,16-17H,4-6,9H2,1-3H3,(H,15,19). The van der Waals surface area contributed by atoms with Crippen LogP contribution in [-0.4, -0.2) is 34.9 Å². The van der Waals surface area contributed by atoms with Crippen LogP contribution in [0.1, 0.15) is 54.5 Å². The van der Waals surface area contributed by atoms with Gasteiger partial charge in [0, 0.05) is 24.9 Å². The quantitative estimate of drug-likeness (QED) is 0.519. The summed E-state index contributed by atoms with van der Waals surface area (Å²) in [7, 11) is 0. The van der Waals surface area contributed by atoms with E-state index in [9.17, 15) is 9.59 Å². The van der Waals surface area contributed by atoms with Gasteiger partial charge in [-0.3, -0.25) is 9.59 Å². The van der Waals surface area contributed by atoms with Crippen LogP contribution < -0.4 is 5.32 Å². The van der Waals surface area contributed by atoms with Crippen molar-refractivity contribution >= 4 is 11.7 Å². The molecule has 0 saturated carbocycles. The first-order chi connectivity index (χ1) is 8.85. The van der Waals surface area contributed by atoms with E-state index in [0.29, 0.717) is 17.8 Å². The highest BCUT2D eigenvalue weighted by molar-refractivity contribution is 5.99. The zero-order valence-corrected chi connectivity index (χ0v) is 11.7. The molecular weight excluding hydrogens is 244 g/mol. The molecule has 0 spiro atoms. The Kier molecular flexibility index (Phi) is 5.30. The van der Waals surface area contributed by atoms with Crippen LogP contribution in [0.25, 0.3) is 0 Å². The molecule has 1 aromatic heterocycles. The van der Waals surface area contributed by atoms with Crippen molar-refractivity contribution in [1.29, 1.82) is 0 Å². The number of Topliss-reactive ketones (excluding diaryl/α,β-unsaturated/α-hetero) is 1. The molecule has 0 fully saturated rings. The summed E-state index contributed by atoms with van der Waals surface area (Å²) in [6, 6.07) is 1.55. The van der Waals surface area contributed by atoms with Gasteiger partial charge >= 0.3 is 0 Å². The summed E-state index contributed by atoms with van der Waals surface area (Å²) in [5.74, 6) is -0.283. The number of aliphatic hydroxyl groups excluding tert-OH is 1. The second-order valence-corrected chi connectivity index (χ2v) is 5.54. The Hall–Kier alpha value is -1.62. The monoisotopic (exact) mass is 266 g/mol. The predicted octanol–water partition coefficient (Wildman–Crippen LogP) is 1.75. The molecule has 0 atom stereocenters. The third-order valence-electron chi connectivity index (χ3n) is 3.08. The number of carbonyl (C=O) groups is 2. The molecule has 1 aromatic rings. The van der Waals surface area contributed by atoms with Crippen LogP contribution in [-0.2, 0) is 0 Å². The molecule has 5 heteroatoms. The molecule has 0 aromatic carbocycles. The van der Waals surface area contributed by atoms with Crippen molar-refractivity contribution in [1.82, 2.24) is 10.3 Å². The third-order valence-corrected chi connectivity index (χ3v) is 3.08. The lowest BCUT2D eigenvalue weighted by Crippen LogP contribution is -2.26. The number of hydrogen-bond donors (Lipinski definition) is 3. The van der Waals surface area contributed by atoms with Gasteiger partial charge < -0.3 is 15.4 Å². The molecule has 0 aliphatic rings. The van der Waals surface area contributed by atoms with Crippen LogP contribution in [0.4, 0.5) is 0 Å². The minimum atomic E-state index is -0.214. The van der Waals surface area contributed by atoms with Gasteiger partial charge in [0.05, 0.1) is 0 Å². The maximum absolute atomic E-state index is 11.8. The van der Waals surface area contributed by atoms with Gasteiger partial charge in [0.2, 0.25) is 0 Å². The molecule has 0 saturated heterocycles. The first-order valence-corrected chi connectivity index (χ1v) is 6.44. The lowest BCUT2D eigenvalue weighted by Gasteiger charge is -2.21. The summed E-state index contributed by atoms with van der Waals surface area (Å²) in [5, 5.41) is 11.9. The van der Waals surface area contributed by atoms with Crippen molar-refractivity contribution in [2.75, 3.05) is 13.2 Å². The topological polar surface area (TPSA) is 82.2 Å². The van der Waals surface area contributed by atoms with Gasteiger partial charge in [0.15, 0.2) is 5.78 Å². The van der Waals surface area contributed by atoms with Gasteiger partial charge in [-0.1, -0.05) is 13.8 Å². The Bertz CT molecular complexity index is 449. The van der Waals surface area contributed by atoms with E-state index in [0.717, 1.165) is 12.8 Å². The lowest BCUT2D eigenvalue weighted by atomic mass is 9.89. The molecule has 1 amide bonds. The summed E-state index contributed by atoms with van der Waals surface area (Å²) < 4.78 is 0. The number of aliphatic hydroxyl groups is 1. The highest BCUT2D eigenvalue weighted by atomic mass is 16.3. The van der Waals surface area contributed by atoms with E-state index in [-0.39, 0.29) is 23.7 Å². The van der Waals surface area contributed by atoms with Crippen LogP contribution in [0.5, 0.6) is 0 Å². The number of aromatic amines is 1. The number of hydrogen-bond acceptors (Lipinski definition) is 3. The van der Waals surface area contributed by atoms with Gasteiger partial charge in [-0.15, -0.1) is 0 Å². The minimum Gasteiger partial charge on any atom is -0.396 e. The average molecular weight is 266 g/mol. The molecule has 5 nitrogen and oxygen atoms in total. The van der Waals surface area contributed by atoms with Crippen molar-refractivity contribution in [2.24, 2.45) is 5.41 Å². The second kappa shape index (κ2) is 6.52. The van der Waals surface area contributed by atoms with Crippen LogP contribution in [0.2, 0.25) is 0 Å². The van der Waals surface area contributed by atoms with Crippen LogP contribution in [0, 0.1) is 5.41 Å². The number of carbonyl (C=O) groups excluding carboxylic acids is 2. The molecule has 0 radical (unpaired) electrons. The second-order valence-electron chi connectivity index (χ2n) is 5.54. The van der Waals surface area contributed by atoms with E-state index in [1.807, 2.05) is 13.8 Å². The molecule has 0 aliphatic carbocycles. The van der Waals surface area contributed by atoms with Gasteiger partial charge in [-0.05, 0) is 31.2 Å². The fraction of sp³-hybridized carbons (Fsp3) is 0.571. The predicted molar refractivity (Wildman–Crippen MR) is 73.2 cm³/mol. The zero-order valence-electron chi connectivity index (χ0n) is 11.7. The van der Waals surface area contributed by atoms with Crippen molar-refractivity contribution in [3.8, 4) is 0 Å². The third kappa shape index (κ3) is 4.87. The number of nitrogens with one attached hydrogen (secondary N) is 2. The van der Waals surface area contributed by atoms with Crippen LogP contribution in [0.3, 0.4) is 0 Å². The van der Waals surface area contributed by atoms with E-state index in [1.54, 1.807) is 6.07 Å². The maximum Gasteiger partial charge on any atom is 0.267 e. The van der Waals surface area contributed by atoms with E-state index in [1.165, 1.54) is 13.1 Å². The highest BCUT2D eigenvalue weighted by Crippen LogP contribution is 2.20. The van der Waals surface area contributed by atoms with Crippen LogP contribution in [0.15, 0.2) is 12.3 Å². The normalized spacial score (nSPS) is 11.4. The smallest absolute Gasteiger partial charge is 0.267 e. The molecule has 106 valence electrons. The number of amides is 1. The SMILES string of the molecule is CC(=O)c1c[nH]c(C(=O)NCCCC(C)(C)CO)c1. The molecule has 1 rings (SSSR count). The van der Waals surface area contributed by atoms with Gasteiger partial charge in [0.1, 0.15) is 5.69 Å². The highest BCUT2D eigenvalue weighted by Gasteiger charge is 2.16. The number of ketones is 1. The Morgan fingerprint density at radius 1 is 1.42 bits per heavy atom. The van der Waals surface area contributed by atoms with E-state index < -0.39 is 0 Å². The fourth-order valence-corrected chi connectivity index (χ4v) is 1.67. The van der Waals surface area contributed by atoms with Gasteiger partial charge in [-0.25, -0.2) is 0 Å². The van der Waals surface area contributed by atoms with Gasteiger partial charge in [0.25, 0.3) is 5.91 Å². The molecule has 0 aliphatic heterocycles. The number of H-pyrrole nitrogens is 1. The minimum absolute atomic E-state index is 0.0694. The van der Waals surface area contributed by atoms with Crippen LogP contribution >= 0.6 is 0 Å². The molecular formula is C14H22N2O3. The fourth-order valence-electron chi connectivity index (χ4n) is 1.67. The summed E-state index contributed by atoms with van der Waals surface area (Å²) in [4.78, 5) is 25.7. The Balaban J connectivity index is 2.37. The molecule has 1 heterocycles. The molecule has 0 bridgehead atoms. The first kappa shape index (κ1) is 15.4.